The smallest absolute Gasteiger partial charge is 0.211 e. The molecule has 0 aliphatic heterocycles. The van der Waals surface area contributed by atoms with E-state index >= 15 is 0 Å². The number of halogens is 1. The van der Waals surface area contributed by atoms with Gasteiger partial charge < -0.3 is 11.1 Å². The number of hydrogen-bond donors (Lipinski definition) is 2. The van der Waals surface area contributed by atoms with Gasteiger partial charge in [-0.3, -0.25) is 4.79 Å². The Morgan fingerprint density at radius 1 is 0.970 bits per heavy atom. The van der Waals surface area contributed by atoms with Crippen LogP contribution in [-0.2, 0) is 9.84 Å². The van der Waals surface area contributed by atoms with Gasteiger partial charge in [0, 0.05) is 11.3 Å². The molecule has 0 saturated heterocycles. The maximum Gasteiger partial charge on any atom is 0.211 e. The maximum absolute atomic E-state index is 13.7. The molecule has 1 heterocycles. The summed E-state index contributed by atoms with van der Waals surface area (Å²) in [7, 11) is -4.07. The quantitative estimate of drug-likeness (QED) is 0.336. The van der Waals surface area contributed by atoms with E-state index < -0.39 is 15.7 Å². The molecule has 0 unspecified atom stereocenters. The molecule has 0 fully saturated rings. The van der Waals surface area contributed by atoms with Crippen molar-refractivity contribution in [2.45, 2.75) is 23.6 Å². The predicted molar refractivity (Wildman–Crippen MR) is 130 cm³/mol. The van der Waals surface area contributed by atoms with E-state index in [1.54, 1.807) is 49.4 Å². The van der Waals surface area contributed by atoms with Crippen LogP contribution in [0.3, 0.4) is 0 Å². The van der Waals surface area contributed by atoms with Gasteiger partial charge in [-0.2, -0.15) is 0 Å². The number of aryl methyl sites for hydroxylation is 2. The monoisotopic (exact) mass is 480 g/mol. The largest absolute Gasteiger partial charge is 0.396 e. The fourth-order valence-corrected chi connectivity index (χ4v) is 6.70. The van der Waals surface area contributed by atoms with E-state index in [9.17, 15) is 17.6 Å². The molecular weight excluding hydrogens is 459 g/mol. The van der Waals surface area contributed by atoms with Crippen LogP contribution in [-0.4, -0.2) is 14.2 Å². The first-order chi connectivity index (χ1) is 15.7. The summed E-state index contributed by atoms with van der Waals surface area (Å²) in [4.78, 5) is 13.2. The Balaban J connectivity index is 1.91. The number of sulfone groups is 1. The molecule has 4 aromatic rings. The van der Waals surface area contributed by atoms with E-state index in [1.807, 2.05) is 6.92 Å². The van der Waals surface area contributed by atoms with Crippen LogP contribution < -0.4 is 11.1 Å². The third-order valence-electron chi connectivity index (χ3n) is 5.13. The number of carbonyl (C=O) groups excluding carboxylic acids is 1. The Labute approximate surface area is 195 Å². The zero-order valence-corrected chi connectivity index (χ0v) is 19.6. The van der Waals surface area contributed by atoms with E-state index in [1.165, 1.54) is 30.3 Å². The van der Waals surface area contributed by atoms with E-state index in [4.69, 9.17) is 5.73 Å². The first kappa shape index (κ1) is 22.7. The van der Waals surface area contributed by atoms with Crippen molar-refractivity contribution < 1.29 is 17.6 Å². The molecule has 0 spiro atoms. The van der Waals surface area contributed by atoms with Crippen molar-refractivity contribution in [2.75, 3.05) is 11.1 Å². The van der Waals surface area contributed by atoms with Crippen molar-refractivity contribution in [2.24, 2.45) is 0 Å². The summed E-state index contributed by atoms with van der Waals surface area (Å²) in [6, 6.07) is 19.0. The molecule has 3 N–H and O–H groups in total. The number of benzene rings is 3. The number of nitrogens with two attached hydrogens (primary N) is 1. The van der Waals surface area contributed by atoms with Crippen LogP contribution in [0.2, 0.25) is 0 Å². The summed E-state index contributed by atoms with van der Waals surface area (Å²) in [6.07, 6.45) is 0. The summed E-state index contributed by atoms with van der Waals surface area (Å²) >= 11 is 0.960. The number of thiophene rings is 1. The van der Waals surface area contributed by atoms with Gasteiger partial charge in [0.2, 0.25) is 15.6 Å². The molecule has 0 saturated carbocycles. The summed E-state index contributed by atoms with van der Waals surface area (Å²) in [5, 5.41) is 3.21. The average Bonchev–Trinajstić information content (AvgIpc) is 3.11. The number of rotatable bonds is 6. The lowest BCUT2D eigenvalue weighted by atomic mass is 10.1. The van der Waals surface area contributed by atoms with Crippen LogP contribution in [0.1, 0.15) is 26.4 Å². The van der Waals surface area contributed by atoms with E-state index in [0.29, 0.717) is 16.8 Å². The Morgan fingerprint density at radius 2 is 1.64 bits per heavy atom. The molecule has 0 aliphatic carbocycles. The van der Waals surface area contributed by atoms with Crippen molar-refractivity contribution in [1.29, 1.82) is 0 Å². The highest BCUT2D eigenvalue weighted by molar-refractivity contribution is 7.92. The second-order valence-electron chi connectivity index (χ2n) is 7.60. The minimum atomic E-state index is -4.07. The number of nitrogen functional groups attached to an aromatic ring is 1. The molecule has 0 aliphatic rings. The van der Waals surface area contributed by atoms with Crippen molar-refractivity contribution >= 4 is 43.3 Å². The highest BCUT2D eigenvalue weighted by Gasteiger charge is 2.32. The summed E-state index contributed by atoms with van der Waals surface area (Å²) in [6.45, 7) is 3.59. The van der Waals surface area contributed by atoms with Gasteiger partial charge in [0.25, 0.3) is 0 Å². The lowest BCUT2D eigenvalue weighted by Gasteiger charge is -2.12. The summed E-state index contributed by atoms with van der Waals surface area (Å²) in [5.41, 5.74) is 8.58. The van der Waals surface area contributed by atoms with Gasteiger partial charge in [-0.15, -0.1) is 11.3 Å². The van der Waals surface area contributed by atoms with Crippen molar-refractivity contribution in [3.8, 4) is 0 Å². The molecule has 3 aromatic carbocycles. The Morgan fingerprint density at radius 3 is 2.27 bits per heavy atom. The molecular formula is C25H21FN2O3S2. The topological polar surface area (TPSA) is 89.3 Å². The second kappa shape index (κ2) is 8.80. The van der Waals surface area contributed by atoms with Gasteiger partial charge in [0.05, 0.1) is 10.6 Å². The van der Waals surface area contributed by atoms with Crippen LogP contribution in [0.15, 0.2) is 82.6 Å². The third kappa shape index (κ3) is 4.40. The Kier molecular flexibility index (Phi) is 6.05. The third-order valence-corrected chi connectivity index (χ3v) is 8.38. The molecule has 4 rings (SSSR count). The van der Waals surface area contributed by atoms with Gasteiger partial charge in [-0.25, -0.2) is 12.8 Å². The first-order valence-corrected chi connectivity index (χ1v) is 12.4. The van der Waals surface area contributed by atoms with Crippen LogP contribution in [0, 0.1) is 19.7 Å². The molecule has 1 aromatic heterocycles. The molecule has 33 heavy (non-hydrogen) atoms. The Bertz CT molecular complexity index is 1450. The fraction of sp³-hybridized carbons (Fsp3) is 0.0800. The van der Waals surface area contributed by atoms with Gasteiger partial charge in [-0.1, -0.05) is 48.0 Å². The molecule has 5 nitrogen and oxygen atoms in total. The lowest BCUT2D eigenvalue weighted by molar-refractivity contribution is 0.104. The molecule has 0 bridgehead atoms. The first-order valence-electron chi connectivity index (χ1n) is 10.1. The van der Waals surface area contributed by atoms with Crippen LogP contribution in [0.25, 0.3) is 0 Å². The van der Waals surface area contributed by atoms with Crippen LogP contribution >= 0.6 is 11.3 Å². The number of carbonyl (C=O) groups is 1. The van der Waals surface area contributed by atoms with Crippen LogP contribution in [0.4, 0.5) is 20.8 Å². The van der Waals surface area contributed by atoms with Crippen molar-refractivity contribution in [3.05, 3.63) is 100 Å². The second-order valence-corrected chi connectivity index (χ2v) is 10.5. The summed E-state index contributed by atoms with van der Waals surface area (Å²) in [5.74, 6) is -0.795. The SMILES string of the molecule is Cc1ccc(S(=O)(=O)c2c(Nc3ccc(F)cc3)sc(C(=O)c3ccccc3)c2N)c(C)c1. The minimum absolute atomic E-state index is 0.110. The molecule has 8 heteroatoms. The lowest BCUT2D eigenvalue weighted by Crippen LogP contribution is -2.09. The predicted octanol–water partition coefficient (Wildman–Crippen LogP) is 5.89. The highest BCUT2D eigenvalue weighted by Crippen LogP contribution is 2.44. The summed E-state index contributed by atoms with van der Waals surface area (Å²) < 4.78 is 40.8. The number of ketones is 1. The highest BCUT2D eigenvalue weighted by atomic mass is 32.2. The molecule has 0 atom stereocenters. The number of anilines is 3. The van der Waals surface area contributed by atoms with E-state index in [-0.39, 0.29) is 31.1 Å². The van der Waals surface area contributed by atoms with Crippen molar-refractivity contribution in [3.63, 3.8) is 0 Å². The molecule has 0 radical (unpaired) electrons. The standard InChI is InChI=1S/C25H21FN2O3S2/c1-15-8-13-20(16(2)14-15)33(30,31)24-21(27)23(22(29)17-6-4-3-5-7-17)32-25(24)28-19-11-9-18(26)10-12-19/h3-14,28H,27H2,1-2H3. The zero-order chi connectivity index (χ0) is 23.8. The van der Waals surface area contributed by atoms with Gasteiger partial charge in [0.1, 0.15) is 20.6 Å². The molecule has 168 valence electrons. The normalized spacial score (nSPS) is 11.4. The number of hydrogen-bond acceptors (Lipinski definition) is 6. The van der Waals surface area contributed by atoms with Gasteiger partial charge in [-0.05, 0) is 49.7 Å². The van der Waals surface area contributed by atoms with Crippen LogP contribution in [0.5, 0.6) is 0 Å². The van der Waals surface area contributed by atoms with Gasteiger partial charge >= 0.3 is 0 Å². The minimum Gasteiger partial charge on any atom is -0.396 e. The van der Waals surface area contributed by atoms with E-state index in [0.717, 1.165) is 16.9 Å². The maximum atomic E-state index is 13.7. The number of nitrogens with one attached hydrogen (secondary N) is 1. The van der Waals surface area contributed by atoms with Gasteiger partial charge in [0.15, 0.2) is 0 Å². The van der Waals surface area contributed by atoms with E-state index in [2.05, 4.69) is 5.32 Å². The zero-order valence-electron chi connectivity index (χ0n) is 17.9. The Hall–Kier alpha value is -3.49. The molecule has 0 amide bonds. The average molecular weight is 481 g/mol. The fourth-order valence-electron chi connectivity index (χ4n) is 3.54. The van der Waals surface area contributed by atoms with Crippen molar-refractivity contribution in [1.82, 2.24) is 0 Å².